The molecule has 32 heavy (non-hydrogen) atoms. The van der Waals surface area contributed by atoms with Crippen LogP contribution >= 0.6 is 0 Å². The molecule has 3 aromatic rings. The fourth-order valence-electron chi connectivity index (χ4n) is 3.93. The topological polar surface area (TPSA) is 101 Å². The molecule has 0 spiro atoms. The molecule has 1 amide bonds. The largest absolute Gasteiger partial charge is 0.507 e. The summed E-state index contributed by atoms with van der Waals surface area (Å²) in [5.74, 6) is -2.12. The standard InChI is InChI=1S/C23H22FN5O3/c1-14-17(12-26-15(2)27-14)21(30)19-20(16-6-3-4-7-18(16)24)29(23(32)22(19)31)10-5-9-28-11-8-25-13-28/h3-4,6-8,11-13,20,30H,5,9-10H2,1-2H3/t20-/m0/s1. The van der Waals surface area contributed by atoms with Crippen molar-refractivity contribution in [3.63, 3.8) is 0 Å². The zero-order valence-corrected chi connectivity index (χ0v) is 17.7. The van der Waals surface area contributed by atoms with Crippen LogP contribution in [0.4, 0.5) is 4.39 Å². The Kier molecular flexibility index (Phi) is 5.81. The second-order valence-electron chi connectivity index (χ2n) is 7.58. The van der Waals surface area contributed by atoms with Crippen LogP contribution in [0.2, 0.25) is 0 Å². The smallest absolute Gasteiger partial charge is 0.295 e. The zero-order chi connectivity index (χ0) is 22.8. The molecule has 0 aliphatic carbocycles. The Labute approximate surface area is 184 Å². The molecule has 4 rings (SSSR count). The van der Waals surface area contributed by atoms with Crippen molar-refractivity contribution in [2.75, 3.05) is 6.54 Å². The molecule has 2 aromatic heterocycles. The highest BCUT2D eigenvalue weighted by Crippen LogP contribution is 2.40. The van der Waals surface area contributed by atoms with Crippen LogP contribution in [0.25, 0.3) is 5.76 Å². The molecule has 1 saturated heterocycles. The summed E-state index contributed by atoms with van der Waals surface area (Å²) in [4.78, 5) is 39.6. The van der Waals surface area contributed by atoms with Crippen molar-refractivity contribution < 1.29 is 19.1 Å². The maximum Gasteiger partial charge on any atom is 0.295 e. The van der Waals surface area contributed by atoms with Crippen LogP contribution in [-0.2, 0) is 16.1 Å². The Hall–Kier alpha value is -3.88. The number of hydrogen-bond donors (Lipinski definition) is 1. The molecule has 1 N–H and O–H groups in total. The zero-order valence-electron chi connectivity index (χ0n) is 17.7. The first-order valence-corrected chi connectivity index (χ1v) is 10.2. The van der Waals surface area contributed by atoms with Gasteiger partial charge < -0.3 is 14.6 Å². The molecule has 9 heteroatoms. The molecule has 164 valence electrons. The van der Waals surface area contributed by atoms with Crippen LogP contribution in [-0.4, -0.2) is 47.8 Å². The summed E-state index contributed by atoms with van der Waals surface area (Å²) in [6.45, 7) is 4.14. The van der Waals surface area contributed by atoms with Gasteiger partial charge in [0.05, 0.1) is 29.2 Å². The van der Waals surface area contributed by atoms with E-state index in [1.165, 1.54) is 29.3 Å². The number of aliphatic hydroxyl groups is 1. The molecule has 0 bridgehead atoms. The summed E-state index contributed by atoms with van der Waals surface area (Å²) in [5, 5.41) is 11.1. The first kappa shape index (κ1) is 21.4. The Morgan fingerprint density at radius 2 is 1.97 bits per heavy atom. The van der Waals surface area contributed by atoms with Gasteiger partial charge in [0.2, 0.25) is 0 Å². The van der Waals surface area contributed by atoms with Gasteiger partial charge in [-0.05, 0) is 26.3 Å². The Bertz CT molecular complexity index is 1210. The second-order valence-corrected chi connectivity index (χ2v) is 7.58. The van der Waals surface area contributed by atoms with E-state index >= 15 is 0 Å². The lowest BCUT2D eigenvalue weighted by atomic mass is 9.95. The lowest BCUT2D eigenvalue weighted by molar-refractivity contribution is -0.140. The number of nitrogens with zero attached hydrogens (tertiary/aromatic N) is 5. The van der Waals surface area contributed by atoms with E-state index in [1.807, 2.05) is 4.57 Å². The molecule has 8 nitrogen and oxygen atoms in total. The summed E-state index contributed by atoms with van der Waals surface area (Å²) in [6.07, 6.45) is 7.02. The summed E-state index contributed by atoms with van der Waals surface area (Å²) < 4.78 is 16.6. The highest BCUT2D eigenvalue weighted by atomic mass is 19.1. The fraction of sp³-hybridized carbons (Fsp3) is 0.261. The van der Waals surface area contributed by atoms with E-state index in [1.54, 1.807) is 38.6 Å². The predicted octanol–water partition coefficient (Wildman–Crippen LogP) is 2.94. The Balaban J connectivity index is 1.78. The number of aliphatic hydroxyl groups excluding tert-OH is 1. The number of likely N-dealkylation sites (tertiary alicyclic amines) is 1. The maximum atomic E-state index is 14.8. The summed E-state index contributed by atoms with van der Waals surface area (Å²) in [6, 6.07) is 4.88. The van der Waals surface area contributed by atoms with Crippen molar-refractivity contribution in [2.45, 2.75) is 32.9 Å². The Morgan fingerprint density at radius 3 is 2.66 bits per heavy atom. The molecule has 1 aromatic carbocycles. The number of ketones is 1. The van der Waals surface area contributed by atoms with Crippen LogP contribution in [0.3, 0.4) is 0 Å². The van der Waals surface area contributed by atoms with Crippen LogP contribution in [0.1, 0.15) is 35.1 Å². The minimum Gasteiger partial charge on any atom is -0.507 e. The average molecular weight is 435 g/mol. The van der Waals surface area contributed by atoms with Gasteiger partial charge in [-0.15, -0.1) is 0 Å². The molecule has 1 fully saturated rings. The third-order valence-electron chi connectivity index (χ3n) is 5.47. The number of aromatic nitrogens is 4. The van der Waals surface area contributed by atoms with Crippen molar-refractivity contribution in [3.8, 4) is 0 Å². The van der Waals surface area contributed by atoms with Crippen molar-refractivity contribution >= 4 is 17.4 Å². The number of benzene rings is 1. The maximum absolute atomic E-state index is 14.8. The summed E-state index contributed by atoms with van der Waals surface area (Å²) in [7, 11) is 0. The number of halogens is 1. The quantitative estimate of drug-likeness (QED) is 0.363. The number of carbonyl (C=O) groups excluding carboxylic acids is 2. The summed E-state index contributed by atoms with van der Waals surface area (Å²) >= 11 is 0. The van der Waals surface area contributed by atoms with E-state index in [0.29, 0.717) is 24.5 Å². The minimum atomic E-state index is -1.06. The molecular formula is C23H22FN5O3. The molecule has 0 saturated carbocycles. The van der Waals surface area contributed by atoms with Gasteiger partial charge in [-0.1, -0.05) is 18.2 Å². The molecule has 3 heterocycles. The molecule has 1 aliphatic heterocycles. The van der Waals surface area contributed by atoms with E-state index in [4.69, 9.17) is 0 Å². The molecule has 1 atom stereocenters. The highest BCUT2D eigenvalue weighted by Gasteiger charge is 2.46. The predicted molar refractivity (Wildman–Crippen MR) is 114 cm³/mol. The first-order chi connectivity index (χ1) is 15.4. The minimum absolute atomic E-state index is 0.140. The van der Waals surface area contributed by atoms with E-state index in [0.717, 1.165) is 0 Å². The Morgan fingerprint density at radius 1 is 1.19 bits per heavy atom. The normalized spacial score (nSPS) is 17.8. The lowest BCUT2D eigenvalue weighted by Gasteiger charge is -2.25. The van der Waals surface area contributed by atoms with E-state index in [-0.39, 0.29) is 23.2 Å². The number of hydrogen-bond acceptors (Lipinski definition) is 6. The summed E-state index contributed by atoms with van der Waals surface area (Å²) in [5.41, 5.74) is 0.654. The second kappa shape index (κ2) is 8.70. The van der Waals surface area contributed by atoms with E-state index in [2.05, 4.69) is 15.0 Å². The number of Topliss-reactive ketones (excluding diaryl/α,β-unsaturated/α-hetero) is 1. The van der Waals surface area contributed by atoms with Crippen molar-refractivity contribution in [1.29, 1.82) is 0 Å². The number of rotatable bonds is 6. The fourth-order valence-corrected chi connectivity index (χ4v) is 3.93. The SMILES string of the molecule is Cc1ncc(C(O)=C2C(=O)C(=O)N(CCCn3ccnc3)[C@H]2c2ccccc2F)c(C)n1. The van der Waals surface area contributed by atoms with Gasteiger partial charge in [0.15, 0.2) is 0 Å². The number of amides is 1. The third kappa shape index (κ3) is 3.89. The van der Waals surface area contributed by atoms with Gasteiger partial charge >= 0.3 is 0 Å². The lowest BCUT2D eigenvalue weighted by Crippen LogP contribution is -2.31. The van der Waals surface area contributed by atoms with Crippen LogP contribution in [0, 0.1) is 19.7 Å². The molecular weight excluding hydrogens is 413 g/mol. The van der Waals surface area contributed by atoms with Gasteiger partial charge in [-0.2, -0.15) is 0 Å². The first-order valence-electron chi connectivity index (χ1n) is 10.2. The van der Waals surface area contributed by atoms with Crippen molar-refractivity contribution in [1.82, 2.24) is 24.4 Å². The highest BCUT2D eigenvalue weighted by molar-refractivity contribution is 6.46. The average Bonchev–Trinajstić information content (AvgIpc) is 3.36. The van der Waals surface area contributed by atoms with Crippen LogP contribution < -0.4 is 0 Å². The van der Waals surface area contributed by atoms with E-state index < -0.39 is 29.3 Å². The number of aryl methyl sites for hydroxylation is 3. The van der Waals surface area contributed by atoms with Crippen molar-refractivity contribution in [2.24, 2.45) is 0 Å². The number of carbonyl (C=O) groups is 2. The van der Waals surface area contributed by atoms with Gasteiger partial charge in [-0.25, -0.2) is 19.3 Å². The monoisotopic (exact) mass is 435 g/mol. The van der Waals surface area contributed by atoms with Crippen LogP contribution in [0.5, 0.6) is 0 Å². The van der Waals surface area contributed by atoms with E-state index in [9.17, 15) is 19.1 Å². The van der Waals surface area contributed by atoms with Gasteiger partial charge in [0.1, 0.15) is 17.4 Å². The third-order valence-corrected chi connectivity index (χ3v) is 5.47. The van der Waals surface area contributed by atoms with Gasteiger partial charge in [0, 0.05) is 37.2 Å². The molecule has 0 unspecified atom stereocenters. The molecule has 1 aliphatic rings. The van der Waals surface area contributed by atoms with Crippen molar-refractivity contribution in [3.05, 3.63) is 83.2 Å². The molecule has 0 radical (unpaired) electrons. The van der Waals surface area contributed by atoms with Gasteiger partial charge in [0.25, 0.3) is 11.7 Å². The number of imidazole rings is 1. The van der Waals surface area contributed by atoms with Crippen LogP contribution in [0.15, 0.2) is 54.8 Å². The van der Waals surface area contributed by atoms with Gasteiger partial charge in [-0.3, -0.25) is 9.59 Å².